The highest BCUT2D eigenvalue weighted by molar-refractivity contribution is 6.33. The van der Waals surface area contributed by atoms with Gasteiger partial charge in [-0.3, -0.25) is 9.59 Å². The molecular formula is C24H27ClN4O2. The number of hydrogen-bond acceptors (Lipinski definition) is 5. The van der Waals surface area contributed by atoms with Gasteiger partial charge in [0, 0.05) is 12.1 Å². The van der Waals surface area contributed by atoms with E-state index in [0.29, 0.717) is 36.0 Å². The molecule has 1 heterocycles. The van der Waals surface area contributed by atoms with Gasteiger partial charge in [-0.1, -0.05) is 48.9 Å². The van der Waals surface area contributed by atoms with E-state index in [1.165, 1.54) is 0 Å². The molecule has 7 heteroatoms. The predicted molar refractivity (Wildman–Crippen MR) is 123 cm³/mol. The van der Waals surface area contributed by atoms with Crippen molar-refractivity contribution >= 4 is 29.0 Å². The lowest BCUT2D eigenvalue weighted by Gasteiger charge is -2.27. The number of ketones is 1. The van der Waals surface area contributed by atoms with Crippen molar-refractivity contribution < 1.29 is 9.59 Å². The van der Waals surface area contributed by atoms with Crippen LogP contribution < -0.4 is 10.2 Å². The first-order valence-corrected chi connectivity index (χ1v) is 10.7. The van der Waals surface area contributed by atoms with Crippen LogP contribution in [-0.4, -0.2) is 56.4 Å². The molecule has 1 aliphatic rings. The van der Waals surface area contributed by atoms with Crippen LogP contribution in [0.15, 0.2) is 42.5 Å². The zero-order chi connectivity index (χ0) is 22.5. The second-order valence-electron chi connectivity index (χ2n) is 8.29. The first-order valence-electron chi connectivity index (χ1n) is 10.3. The van der Waals surface area contributed by atoms with Crippen LogP contribution in [0.3, 0.4) is 0 Å². The van der Waals surface area contributed by atoms with Crippen molar-refractivity contribution in [3.05, 3.63) is 53.1 Å². The topological polar surface area (TPSA) is 76.4 Å². The number of nitrogens with zero attached hydrogens (tertiary/aromatic N) is 3. The summed E-state index contributed by atoms with van der Waals surface area (Å²) in [4.78, 5) is 28.7. The average Bonchev–Trinajstić information content (AvgIpc) is 3.13. The fourth-order valence-corrected chi connectivity index (χ4v) is 4.17. The molecule has 1 amide bonds. The number of anilines is 1. The number of nitriles is 1. The molecule has 6 nitrogen and oxygen atoms in total. The van der Waals surface area contributed by atoms with Gasteiger partial charge in [0.15, 0.2) is 5.78 Å². The predicted octanol–water partition coefficient (Wildman–Crippen LogP) is 3.61. The van der Waals surface area contributed by atoms with E-state index in [1.54, 1.807) is 0 Å². The molecule has 31 heavy (non-hydrogen) atoms. The summed E-state index contributed by atoms with van der Waals surface area (Å²) < 4.78 is 0. The number of carbonyl (C=O) groups excluding carboxylic acids is 2. The molecule has 0 aromatic heterocycles. The number of amides is 1. The second-order valence-corrected chi connectivity index (χ2v) is 8.70. The number of Topliss-reactive ketones (excluding diaryl/α,β-unsaturated/α-hetero) is 1. The molecule has 3 rings (SSSR count). The summed E-state index contributed by atoms with van der Waals surface area (Å²) in [6, 6.07) is 14.9. The molecule has 162 valence electrons. The largest absolute Gasteiger partial charge is 0.358 e. The van der Waals surface area contributed by atoms with Gasteiger partial charge in [0.1, 0.15) is 12.6 Å². The monoisotopic (exact) mass is 438 g/mol. The summed E-state index contributed by atoms with van der Waals surface area (Å²) in [6.45, 7) is 3.18. The average molecular weight is 439 g/mol. The zero-order valence-electron chi connectivity index (χ0n) is 18.1. The van der Waals surface area contributed by atoms with Crippen LogP contribution in [0.4, 0.5) is 5.69 Å². The van der Waals surface area contributed by atoms with E-state index in [4.69, 9.17) is 16.9 Å². The molecule has 0 spiro atoms. The van der Waals surface area contributed by atoms with Crippen LogP contribution in [0.2, 0.25) is 5.02 Å². The Kier molecular flexibility index (Phi) is 7.32. The molecule has 0 saturated carbocycles. The molecule has 1 N–H and O–H groups in total. The van der Waals surface area contributed by atoms with Gasteiger partial charge < -0.3 is 15.1 Å². The van der Waals surface area contributed by atoms with Crippen molar-refractivity contribution in [2.45, 2.75) is 19.4 Å². The highest BCUT2D eigenvalue weighted by Crippen LogP contribution is 2.37. The van der Waals surface area contributed by atoms with Crippen molar-refractivity contribution in [3.63, 3.8) is 0 Å². The smallest absolute Gasteiger partial charge is 0.243 e. The molecule has 2 aromatic carbocycles. The lowest BCUT2D eigenvalue weighted by atomic mass is 10.0. The number of rotatable bonds is 7. The summed E-state index contributed by atoms with van der Waals surface area (Å²) >= 11 is 6.53. The van der Waals surface area contributed by atoms with Crippen LogP contribution in [0.25, 0.3) is 11.1 Å². The minimum atomic E-state index is -0.359. The van der Waals surface area contributed by atoms with Crippen molar-refractivity contribution in [3.8, 4) is 17.2 Å². The van der Waals surface area contributed by atoms with Crippen LogP contribution >= 0.6 is 11.6 Å². The van der Waals surface area contributed by atoms with Crippen molar-refractivity contribution in [1.29, 1.82) is 5.26 Å². The van der Waals surface area contributed by atoms with E-state index in [1.807, 2.05) is 72.4 Å². The van der Waals surface area contributed by atoms with Gasteiger partial charge in [-0.25, -0.2) is 0 Å². The number of hydrogen-bond donors (Lipinski definition) is 1. The maximum atomic E-state index is 12.6. The van der Waals surface area contributed by atoms with E-state index >= 15 is 0 Å². The van der Waals surface area contributed by atoms with Crippen molar-refractivity contribution in [2.24, 2.45) is 5.92 Å². The van der Waals surface area contributed by atoms with Crippen LogP contribution in [0.1, 0.15) is 23.7 Å². The highest BCUT2D eigenvalue weighted by Gasteiger charge is 2.35. The van der Waals surface area contributed by atoms with Crippen LogP contribution in [-0.2, 0) is 4.79 Å². The number of benzene rings is 2. The molecular weight excluding hydrogens is 412 g/mol. The van der Waals surface area contributed by atoms with Gasteiger partial charge in [-0.2, -0.15) is 5.26 Å². The maximum Gasteiger partial charge on any atom is 0.243 e. The molecule has 1 fully saturated rings. The molecule has 0 unspecified atom stereocenters. The summed E-state index contributed by atoms with van der Waals surface area (Å²) in [5.74, 6) is 0.251. The molecule has 2 aromatic rings. The summed E-state index contributed by atoms with van der Waals surface area (Å²) in [7, 11) is 3.74. The summed E-state index contributed by atoms with van der Waals surface area (Å²) in [5, 5.41) is 12.0. The molecule has 1 aliphatic heterocycles. The van der Waals surface area contributed by atoms with Crippen LogP contribution in [0, 0.1) is 17.2 Å². The Balaban J connectivity index is 1.87. The first kappa shape index (κ1) is 22.8. The fraction of sp³-hybridized carbons (Fsp3) is 0.375. The van der Waals surface area contributed by atoms with Gasteiger partial charge in [-0.05, 0) is 49.7 Å². The number of likely N-dealkylation sites (N-methyl/N-ethyl adjacent to an activating group) is 1. The van der Waals surface area contributed by atoms with E-state index in [2.05, 4.69) is 12.2 Å². The van der Waals surface area contributed by atoms with Gasteiger partial charge in [0.25, 0.3) is 0 Å². The number of nitrogens with one attached hydrogen (secondary N) is 1. The van der Waals surface area contributed by atoms with Gasteiger partial charge in [-0.15, -0.1) is 0 Å². The molecule has 0 aliphatic carbocycles. The van der Waals surface area contributed by atoms with Crippen LogP contribution in [0.5, 0.6) is 0 Å². The SMILES string of the molecule is C[C@H]1C[C@@H](C(=O)NCC#N)N(c2cc(-c3ccc(C(=O)CN(C)C)cc3)ccc2Cl)C1. The Morgan fingerprint density at radius 2 is 1.87 bits per heavy atom. The first-order chi connectivity index (χ1) is 14.8. The lowest BCUT2D eigenvalue weighted by Crippen LogP contribution is -2.43. The van der Waals surface area contributed by atoms with Gasteiger partial charge in [0.2, 0.25) is 5.91 Å². The lowest BCUT2D eigenvalue weighted by molar-refractivity contribution is -0.122. The Bertz CT molecular complexity index is 998. The minimum Gasteiger partial charge on any atom is -0.358 e. The Morgan fingerprint density at radius 3 is 2.52 bits per heavy atom. The Labute approximate surface area is 188 Å². The van der Waals surface area contributed by atoms with Crippen molar-refractivity contribution in [1.82, 2.24) is 10.2 Å². The Hall–Kier alpha value is -2.88. The zero-order valence-corrected chi connectivity index (χ0v) is 18.8. The van der Waals surface area contributed by atoms with E-state index in [-0.39, 0.29) is 24.3 Å². The Morgan fingerprint density at radius 1 is 1.19 bits per heavy atom. The third-order valence-corrected chi connectivity index (χ3v) is 5.73. The molecule has 1 saturated heterocycles. The summed E-state index contributed by atoms with van der Waals surface area (Å²) in [6.07, 6.45) is 0.709. The quantitative estimate of drug-likeness (QED) is 0.528. The van der Waals surface area contributed by atoms with Gasteiger partial charge >= 0.3 is 0 Å². The highest BCUT2D eigenvalue weighted by atomic mass is 35.5. The van der Waals surface area contributed by atoms with Crippen molar-refractivity contribution in [2.75, 3.05) is 38.6 Å². The summed E-state index contributed by atoms with van der Waals surface area (Å²) in [5.41, 5.74) is 3.40. The normalized spacial score (nSPS) is 18.1. The molecule has 2 atom stereocenters. The maximum absolute atomic E-state index is 12.6. The third-order valence-electron chi connectivity index (χ3n) is 5.41. The number of carbonyl (C=O) groups is 2. The fourth-order valence-electron chi connectivity index (χ4n) is 3.94. The molecule has 0 radical (unpaired) electrons. The molecule has 0 bridgehead atoms. The van der Waals surface area contributed by atoms with E-state index < -0.39 is 0 Å². The second kappa shape index (κ2) is 9.95. The van der Waals surface area contributed by atoms with E-state index in [9.17, 15) is 9.59 Å². The number of halogens is 1. The van der Waals surface area contributed by atoms with Gasteiger partial charge in [0.05, 0.1) is 23.3 Å². The standard InChI is InChI=1S/C24H27ClN4O2/c1-16-12-22(24(31)27-11-10-26)29(14-16)21-13-19(8-9-20(21)25)17-4-6-18(7-5-17)23(30)15-28(2)3/h4-9,13,16,22H,11-12,14-15H2,1-3H3,(H,27,31)/t16-,22-/m0/s1. The third kappa shape index (κ3) is 5.43. The minimum absolute atomic E-state index is 0.00970. The van der Waals surface area contributed by atoms with E-state index in [0.717, 1.165) is 16.8 Å².